The second-order valence-corrected chi connectivity index (χ2v) is 11.8. The molecule has 3 heteroatoms. The van der Waals surface area contributed by atoms with Crippen molar-refractivity contribution in [2.24, 2.45) is 0 Å². The summed E-state index contributed by atoms with van der Waals surface area (Å²) in [6, 6.07) is 53.0. The van der Waals surface area contributed by atoms with Gasteiger partial charge in [-0.15, -0.1) is 0 Å². The summed E-state index contributed by atoms with van der Waals surface area (Å²) in [6.07, 6.45) is 0. The van der Waals surface area contributed by atoms with Crippen LogP contribution in [0.15, 0.2) is 160 Å². The number of nitrogens with zero attached hydrogens (tertiary/aromatic N) is 1. The Morgan fingerprint density at radius 2 is 0.978 bits per heavy atom. The topological polar surface area (TPSA) is 39.2 Å². The van der Waals surface area contributed by atoms with Gasteiger partial charge in [-0.3, -0.25) is 0 Å². The van der Waals surface area contributed by atoms with Crippen molar-refractivity contribution < 1.29 is 8.83 Å². The monoisotopic (exact) mass is 587 g/mol. The Bertz CT molecular complexity index is 2800. The lowest BCUT2D eigenvalue weighted by Crippen LogP contribution is -1.93. The Hall–Kier alpha value is -6.19. The molecule has 0 fully saturated rings. The van der Waals surface area contributed by atoms with Crippen LogP contribution in [-0.4, -0.2) is 4.98 Å². The normalized spacial score (nSPS) is 11.9. The number of pyridine rings is 1. The van der Waals surface area contributed by atoms with Gasteiger partial charge in [0.15, 0.2) is 0 Å². The molecule has 0 N–H and O–H groups in total. The van der Waals surface area contributed by atoms with Crippen molar-refractivity contribution in [3.05, 3.63) is 152 Å². The van der Waals surface area contributed by atoms with Crippen LogP contribution in [0.4, 0.5) is 0 Å². The molecule has 0 saturated heterocycles. The smallest absolute Gasteiger partial charge is 0.136 e. The highest BCUT2D eigenvalue weighted by molar-refractivity contribution is 6.27. The van der Waals surface area contributed by atoms with Crippen LogP contribution in [0.25, 0.3) is 99.1 Å². The molecule has 0 aliphatic rings. The predicted octanol–water partition coefficient (Wildman–Crippen LogP) is 12.2. The van der Waals surface area contributed by atoms with E-state index in [2.05, 4.69) is 127 Å². The van der Waals surface area contributed by atoms with Crippen LogP contribution in [0.5, 0.6) is 0 Å². The van der Waals surface area contributed by atoms with Crippen LogP contribution < -0.4 is 0 Å². The summed E-state index contributed by atoms with van der Waals surface area (Å²) in [5.41, 5.74) is 11.0. The van der Waals surface area contributed by atoms with Crippen molar-refractivity contribution in [3.8, 4) is 33.5 Å². The summed E-state index contributed by atoms with van der Waals surface area (Å²) in [7, 11) is 0. The molecular formula is C43H25NO2. The maximum atomic E-state index is 6.56. The Balaban J connectivity index is 1.32. The predicted molar refractivity (Wildman–Crippen MR) is 190 cm³/mol. The fourth-order valence-corrected chi connectivity index (χ4v) is 7.28. The number of benzene rings is 7. The zero-order chi connectivity index (χ0) is 30.2. The molecule has 214 valence electrons. The Labute approximate surface area is 264 Å². The van der Waals surface area contributed by atoms with Crippen molar-refractivity contribution >= 4 is 65.6 Å². The summed E-state index contributed by atoms with van der Waals surface area (Å²) in [5.74, 6) is 0. The van der Waals surface area contributed by atoms with Gasteiger partial charge in [0.25, 0.3) is 0 Å². The van der Waals surface area contributed by atoms with Gasteiger partial charge in [-0.05, 0) is 53.1 Å². The van der Waals surface area contributed by atoms with E-state index in [1.165, 1.54) is 10.9 Å². The summed E-state index contributed by atoms with van der Waals surface area (Å²) >= 11 is 0. The third-order valence-electron chi connectivity index (χ3n) is 9.24. The van der Waals surface area contributed by atoms with Gasteiger partial charge in [0.05, 0.1) is 11.2 Å². The molecule has 3 heterocycles. The molecule has 7 aromatic carbocycles. The highest BCUT2D eigenvalue weighted by Gasteiger charge is 2.22. The Kier molecular flexibility index (Phi) is 5.28. The van der Waals surface area contributed by atoms with E-state index in [1.54, 1.807) is 0 Å². The van der Waals surface area contributed by atoms with Gasteiger partial charge < -0.3 is 8.83 Å². The molecule has 0 radical (unpaired) electrons. The largest absolute Gasteiger partial charge is 0.456 e. The zero-order valence-electron chi connectivity index (χ0n) is 24.7. The van der Waals surface area contributed by atoms with E-state index >= 15 is 0 Å². The highest BCUT2D eigenvalue weighted by atomic mass is 16.3. The van der Waals surface area contributed by atoms with Crippen molar-refractivity contribution in [2.75, 3.05) is 0 Å². The van der Waals surface area contributed by atoms with Crippen LogP contribution >= 0.6 is 0 Å². The molecule has 10 aromatic rings. The third-order valence-corrected chi connectivity index (χ3v) is 9.24. The summed E-state index contributed by atoms with van der Waals surface area (Å²) in [5, 5.41) is 7.85. The van der Waals surface area contributed by atoms with Crippen LogP contribution in [0, 0.1) is 0 Å². The van der Waals surface area contributed by atoms with Gasteiger partial charge >= 0.3 is 0 Å². The number of aromatic nitrogens is 1. The number of furan rings is 2. The molecule has 3 nitrogen and oxygen atoms in total. The molecule has 10 rings (SSSR count). The number of hydrogen-bond donors (Lipinski definition) is 0. The first-order valence-electron chi connectivity index (χ1n) is 15.5. The molecule has 0 atom stereocenters. The first kappa shape index (κ1) is 25.2. The average Bonchev–Trinajstić information content (AvgIpc) is 3.69. The number of rotatable bonds is 3. The van der Waals surface area contributed by atoms with Crippen molar-refractivity contribution in [1.82, 2.24) is 4.98 Å². The lowest BCUT2D eigenvalue weighted by Gasteiger charge is -2.16. The number of hydrogen-bond acceptors (Lipinski definition) is 3. The molecule has 0 saturated carbocycles. The van der Waals surface area contributed by atoms with Crippen LogP contribution in [0.1, 0.15) is 0 Å². The van der Waals surface area contributed by atoms with Gasteiger partial charge in [-0.2, -0.15) is 0 Å². The molecule has 0 aliphatic carbocycles. The van der Waals surface area contributed by atoms with Crippen molar-refractivity contribution in [3.63, 3.8) is 0 Å². The molecule has 0 amide bonds. The van der Waals surface area contributed by atoms with Gasteiger partial charge in [-0.1, -0.05) is 115 Å². The minimum atomic E-state index is 0.858. The van der Waals surface area contributed by atoms with Crippen LogP contribution in [-0.2, 0) is 0 Å². The van der Waals surface area contributed by atoms with E-state index in [-0.39, 0.29) is 0 Å². The fourth-order valence-electron chi connectivity index (χ4n) is 7.28. The second kappa shape index (κ2) is 9.65. The van der Waals surface area contributed by atoms with Gasteiger partial charge in [0.1, 0.15) is 22.3 Å². The number of para-hydroxylation sites is 3. The third kappa shape index (κ3) is 3.63. The fraction of sp³-hybridized carbons (Fsp3) is 0. The second-order valence-electron chi connectivity index (χ2n) is 11.8. The van der Waals surface area contributed by atoms with E-state index < -0.39 is 0 Å². The van der Waals surface area contributed by atoms with Crippen LogP contribution in [0.3, 0.4) is 0 Å². The van der Waals surface area contributed by atoms with E-state index in [0.29, 0.717) is 0 Å². The highest BCUT2D eigenvalue weighted by Crippen LogP contribution is 2.46. The SMILES string of the molecule is c1ccc(-c2c3c(cc4c(-c5cccc(-c6cccc7oc8ccccc8c67)c5)nc5ccccc5c24)oc2ccccc23)cc1. The van der Waals surface area contributed by atoms with E-state index in [0.717, 1.165) is 88.1 Å². The Morgan fingerprint density at radius 1 is 0.370 bits per heavy atom. The maximum absolute atomic E-state index is 6.56. The van der Waals surface area contributed by atoms with E-state index in [1.807, 2.05) is 24.3 Å². The van der Waals surface area contributed by atoms with E-state index in [9.17, 15) is 0 Å². The van der Waals surface area contributed by atoms with Gasteiger partial charge in [0, 0.05) is 48.8 Å². The molecular weight excluding hydrogens is 562 g/mol. The minimum Gasteiger partial charge on any atom is -0.456 e. The molecule has 3 aromatic heterocycles. The van der Waals surface area contributed by atoms with Gasteiger partial charge in [-0.25, -0.2) is 4.98 Å². The lowest BCUT2D eigenvalue weighted by atomic mass is 9.89. The Morgan fingerprint density at radius 3 is 1.80 bits per heavy atom. The van der Waals surface area contributed by atoms with Crippen molar-refractivity contribution in [2.45, 2.75) is 0 Å². The molecule has 0 spiro atoms. The average molecular weight is 588 g/mol. The number of fused-ring (bicyclic) bond motifs is 9. The quantitative estimate of drug-likeness (QED) is 0.193. The molecule has 0 unspecified atom stereocenters. The standard InChI is InChI=1S/C43H25NO2/c1-2-12-26(13-3-1)39-41-30-16-4-7-20-34(30)44-43(33(41)25-38-42(39)32-18-6-9-22-36(32)46-38)28-15-10-14-27(24-28)29-19-11-23-37-40(29)31-17-5-8-21-35(31)45-37/h1-25H. The van der Waals surface area contributed by atoms with E-state index in [4.69, 9.17) is 13.8 Å². The molecule has 0 bridgehead atoms. The van der Waals surface area contributed by atoms with Gasteiger partial charge in [0.2, 0.25) is 0 Å². The summed E-state index contributed by atoms with van der Waals surface area (Å²) in [4.78, 5) is 5.35. The maximum Gasteiger partial charge on any atom is 0.136 e. The lowest BCUT2D eigenvalue weighted by molar-refractivity contribution is 0.669. The first-order valence-corrected chi connectivity index (χ1v) is 15.5. The summed E-state index contributed by atoms with van der Waals surface area (Å²) in [6.45, 7) is 0. The molecule has 46 heavy (non-hydrogen) atoms. The van der Waals surface area contributed by atoms with Crippen LogP contribution in [0.2, 0.25) is 0 Å². The minimum absolute atomic E-state index is 0.858. The first-order chi connectivity index (χ1) is 22.8. The summed E-state index contributed by atoms with van der Waals surface area (Å²) < 4.78 is 12.8. The molecule has 0 aliphatic heterocycles. The van der Waals surface area contributed by atoms with Crippen molar-refractivity contribution in [1.29, 1.82) is 0 Å². The zero-order valence-corrected chi connectivity index (χ0v) is 24.7.